The molecule has 0 aliphatic carbocycles. The number of ether oxygens (including phenoxy) is 2. The van der Waals surface area contributed by atoms with E-state index < -0.39 is 0 Å². The summed E-state index contributed by atoms with van der Waals surface area (Å²) in [6.07, 6.45) is 24.9. The maximum Gasteiger partial charge on any atom is 0.305 e. The molecule has 0 atom stereocenters. The molecule has 0 aromatic carbocycles. The molecule has 0 amide bonds. The van der Waals surface area contributed by atoms with E-state index in [1.807, 2.05) is 6.92 Å². The van der Waals surface area contributed by atoms with Crippen molar-refractivity contribution in [3.63, 3.8) is 0 Å². The quantitative estimate of drug-likeness (QED) is 0.112. The smallest absolute Gasteiger partial charge is 0.305 e. The van der Waals surface area contributed by atoms with E-state index in [4.69, 9.17) is 9.47 Å². The van der Waals surface area contributed by atoms with Gasteiger partial charge in [-0.25, -0.2) is 0 Å². The third-order valence-electron chi connectivity index (χ3n) is 5.83. The molecule has 31 heavy (non-hydrogen) atoms. The van der Waals surface area contributed by atoms with Crippen molar-refractivity contribution in [2.75, 3.05) is 13.2 Å². The Morgan fingerprint density at radius 3 is 1.23 bits per heavy atom. The number of unbranched alkanes of at least 4 members (excludes halogenated alkanes) is 17. The van der Waals surface area contributed by atoms with Crippen molar-refractivity contribution in [3.05, 3.63) is 0 Å². The van der Waals surface area contributed by atoms with Crippen LogP contribution in [0.2, 0.25) is 0 Å². The lowest BCUT2D eigenvalue weighted by Crippen LogP contribution is -2.06. The normalized spacial score (nSPS) is 10.9. The molecule has 0 aromatic rings. The summed E-state index contributed by atoms with van der Waals surface area (Å²) in [5.41, 5.74) is 0. The highest BCUT2D eigenvalue weighted by atomic mass is 16.5. The van der Waals surface area contributed by atoms with Gasteiger partial charge in [0.15, 0.2) is 0 Å². The summed E-state index contributed by atoms with van der Waals surface area (Å²) in [5, 5.41) is 0. The third-order valence-corrected chi connectivity index (χ3v) is 5.83. The molecular weight excluding hydrogens is 388 g/mol. The predicted octanol–water partition coefficient (Wildman–Crippen LogP) is 8.30. The van der Waals surface area contributed by atoms with Crippen LogP contribution in [-0.2, 0) is 19.1 Å². The van der Waals surface area contributed by atoms with Gasteiger partial charge in [0.2, 0.25) is 0 Å². The van der Waals surface area contributed by atoms with Gasteiger partial charge in [-0.2, -0.15) is 0 Å². The highest BCUT2D eigenvalue weighted by Crippen LogP contribution is 2.14. The van der Waals surface area contributed by atoms with Gasteiger partial charge in [-0.1, -0.05) is 110 Å². The van der Waals surface area contributed by atoms with Crippen LogP contribution >= 0.6 is 0 Å². The Balaban J connectivity index is 3.17. The minimum Gasteiger partial charge on any atom is -0.466 e. The molecule has 0 saturated carbocycles. The van der Waals surface area contributed by atoms with E-state index in [0.29, 0.717) is 26.1 Å². The van der Waals surface area contributed by atoms with Gasteiger partial charge >= 0.3 is 11.9 Å². The number of rotatable bonds is 24. The molecule has 0 spiro atoms. The molecule has 0 aromatic heterocycles. The Hall–Kier alpha value is -1.06. The standard InChI is InChI=1S/C27H52O4/c1-3-5-6-7-8-9-10-11-12-13-14-15-16-17-18-22-25-31-27(29)24-21-19-20-23-26(28)30-4-2/h3-25H2,1-2H3. The van der Waals surface area contributed by atoms with Crippen molar-refractivity contribution >= 4 is 11.9 Å². The highest BCUT2D eigenvalue weighted by Gasteiger charge is 2.04. The van der Waals surface area contributed by atoms with Crippen LogP contribution in [0.15, 0.2) is 0 Å². The summed E-state index contributed by atoms with van der Waals surface area (Å²) in [6, 6.07) is 0. The van der Waals surface area contributed by atoms with Crippen molar-refractivity contribution in [3.8, 4) is 0 Å². The first-order valence-corrected chi connectivity index (χ1v) is 13.5. The Kier molecular flexibility index (Phi) is 24.3. The summed E-state index contributed by atoms with van der Waals surface area (Å²) >= 11 is 0. The highest BCUT2D eigenvalue weighted by molar-refractivity contribution is 5.69. The summed E-state index contributed by atoms with van der Waals surface area (Å²) < 4.78 is 10.2. The van der Waals surface area contributed by atoms with Gasteiger partial charge in [0, 0.05) is 12.8 Å². The molecule has 0 heterocycles. The molecular formula is C27H52O4. The first-order valence-electron chi connectivity index (χ1n) is 13.5. The second-order valence-corrected chi connectivity index (χ2v) is 8.89. The molecule has 0 N–H and O–H groups in total. The van der Waals surface area contributed by atoms with Crippen LogP contribution in [0.25, 0.3) is 0 Å². The fourth-order valence-corrected chi connectivity index (χ4v) is 3.86. The zero-order valence-corrected chi connectivity index (χ0v) is 20.9. The van der Waals surface area contributed by atoms with Crippen molar-refractivity contribution in [1.82, 2.24) is 0 Å². The third kappa shape index (κ3) is 25.1. The Morgan fingerprint density at radius 1 is 0.452 bits per heavy atom. The second kappa shape index (κ2) is 25.2. The zero-order valence-electron chi connectivity index (χ0n) is 20.9. The molecule has 0 radical (unpaired) electrons. The van der Waals surface area contributed by atoms with Crippen molar-refractivity contribution in [2.45, 2.75) is 149 Å². The van der Waals surface area contributed by atoms with E-state index in [0.717, 1.165) is 32.1 Å². The molecule has 184 valence electrons. The van der Waals surface area contributed by atoms with Crippen LogP contribution < -0.4 is 0 Å². The number of hydrogen-bond acceptors (Lipinski definition) is 4. The Morgan fingerprint density at radius 2 is 0.806 bits per heavy atom. The second-order valence-electron chi connectivity index (χ2n) is 8.89. The number of esters is 2. The molecule has 0 fully saturated rings. The lowest BCUT2D eigenvalue weighted by atomic mass is 10.0. The maximum absolute atomic E-state index is 11.7. The van der Waals surface area contributed by atoms with Crippen LogP contribution in [0.5, 0.6) is 0 Å². The Bertz CT molecular complexity index is 395. The molecule has 0 unspecified atom stereocenters. The van der Waals surface area contributed by atoms with E-state index in [2.05, 4.69) is 6.92 Å². The van der Waals surface area contributed by atoms with Gasteiger partial charge < -0.3 is 9.47 Å². The fraction of sp³-hybridized carbons (Fsp3) is 0.926. The van der Waals surface area contributed by atoms with Crippen LogP contribution in [0.4, 0.5) is 0 Å². The molecule has 0 aliphatic rings. The van der Waals surface area contributed by atoms with Gasteiger partial charge in [-0.3, -0.25) is 9.59 Å². The minimum atomic E-state index is -0.145. The monoisotopic (exact) mass is 440 g/mol. The average molecular weight is 441 g/mol. The molecule has 4 heteroatoms. The zero-order chi connectivity index (χ0) is 22.8. The SMILES string of the molecule is CCCCCCCCCCCCCCCCCCOC(=O)CCCCCC(=O)OCC. The van der Waals surface area contributed by atoms with Crippen LogP contribution in [-0.4, -0.2) is 25.2 Å². The molecule has 0 rings (SSSR count). The van der Waals surface area contributed by atoms with E-state index in [9.17, 15) is 9.59 Å². The van der Waals surface area contributed by atoms with Crippen molar-refractivity contribution in [2.24, 2.45) is 0 Å². The van der Waals surface area contributed by atoms with Gasteiger partial charge in [0.05, 0.1) is 13.2 Å². The minimum absolute atomic E-state index is 0.0999. The molecule has 0 bridgehead atoms. The van der Waals surface area contributed by atoms with Gasteiger partial charge in [0.1, 0.15) is 0 Å². The first kappa shape index (κ1) is 29.9. The number of carbonyl (C=O) groups excluding carboxylic acids is 2. The number of carbonyl (C=O) groups is 2. The van der Waals surface area contributed by atoms with E-state index in [-0.39, 0.29) is 11.9 Å². The van der Waals surface area contributed by atoms with Crippen molar-refractivity contribution in [1.29, 1.82) is 0 Å². The maximum atomic E-state index is 11.7. The van der Waals surface area contributed by atoms with Crippen LogP contribution in [0.3, 0.4) is 0 Å². The molecule has 4 nitrogen and oxygen atoms in total. The summed E-state index contributed by atoms with van der Waals surface area (Å²) in [5.74, 6) is -0.245. The summed E-state index contributed by atoms with van der Waals surface area (Å²) in [6.45, 7) is 5.08. The van der Waals surface area contributed by atoms with Gasteiger partial charge in [0.25, 0.3) is 0 Å². The van der Waals surface area contributed by atoms with E-state index >= 15 is 0 Å². The Labute approximate surface area is 193 Å². The average Bonchev–Trinajstić information content (AvgIpc) is 2.76. The molecule has 0 aliphatic heterocycles. The van der Waals surface area contributed by atoms with Crippen LogP contribution in [0.1, 0.15) is 149 Å². The topological polar surface area (TPSA) is 52.6 Å². The largest absolute Gasteiger partial charge is 0.466 e. The number of hydrogen-bond donors (Lipinski definition) is 0. The lowest BCUT2D eigenvalue weighted by molar-refractivity contribution is -0.144. The summed E-state index contributed by atoms with van der Waals surface area (Å²) in [4.78, 5) is 22.9. The van der Waals surface area contributed by atoms with Crippen LogP contribution in [0, 0.1) is 0 Å². The van der Waals surface area contributed by atoms with Gasteiger partial charge in [-0.15, -0.1) is 0 Å². The van der Waals surface area contributed by atoms with Gasteiger partial charge in [-0.05, 0) is 26.2 Å². The lowest BCUT2D eigenvalue weighted by Gasteiger charge is -2.06. The summed E-state index contributed by atoms with van der Waals surface area (Å²) in [7, 11) is 0. The molecule has 0 saturated heterocycles. The first-order chi connectivity index (χ1) is 15.2. The predicted molar refractivity (Wildman–Crippen MR) is 130 cm³/mol. The fourth-order valence-electron chi connectivity index (χ4n) is 3.86. The van der Waals surface area contributed by atoms with E-state index in [1.54, 1.807) is 0 Å². The van der Waals surface area contributed by atoms with Crippen molar-refractivity contribution < 1.29 is 19.1 Å². The van der Waals surface area contributed by atoms with E-state index in [1.165, 1.54) is 89.9 Å².